The van der Waals surface area contributed by atoms with Crippen LogP contribution >= 0.6 is 0 Å². The van der Waals surface area contributed by atoms with Gasteiger partial charge in [-0.1, -0.05) is 18.2 Å². The first-order valence-electron chi connectivity index (χ1n) is 7.00. The summed E-state index contributed by atoms with van der Waals surface area (Å²) in [6.07, 6.45) is 6.19. The molecule has 5 heteroatoms. The van der Waals surface area contributed by atoms with Crippen LogP contribution in [-0.2, 0) is 9.53 Å². The van der Waals surface area contributed by atoms with Gasteiger partial charge in [0.25, 0.3) is 0 Å². The van der Waals surface area contributed by atoms with Crippen molar-refractivity contribution in [3.05, 3.63) is 48.6 Å². The van der Waals surface area contributed by atoms with E-state index in [4.69, 9.17) is 4.74 Å². The van der Waals surface area contributed by atoms with Crippen molar-refractivity contribution >= 4 is 23.4 Å². The molecule has 1 aromatic carbocycles. The number of anilines is 2. The Morgan fingerprint density at radius 3 is 2.05 bits per heavy atom. The summed E-state index contributed by atoms with van der Waals surface area (Å²) in [4.78, 5) is 23.2. The van der Waals surface area contributed by atoms with Gasteiger partial charge in [0.1, 0.15) is 5.60 Å². The molecule has 1 rings (SSSR count). The van der Waals surface area contributed by atoms with E-state index in [0.717, 1.165) is 0 Å². The Bertz CT molecular complexity index is 567. The van der Waals surface area contributed by atoms with E-state index in [2.05, 4.69) is 10.6 Å². The van der Waals surface area contributed by atoms with Crippen molar-refractivity contribution in [1.82, 2.24) is 0 Å². The molecule has 0 aliphatic carbocycles. The zero-order valence-electron chi connectivity index (χ0n) is 13.3. The van der Waals surface area contributed by atoms with Gasteiger partial charge in [0.05, 0.1) is 0 Å². The van der Waals surface area contributed by atoms with E-state index in [-0.39, 0.29) is 5.91 Å². The van der Waals surface area contributed by atoms with Crippen LogP contribution in [-0.4, -0.2) is 17.6 Å². The highest BCUT2D eigenvalue weighted by Crippen LogP contribution is 2.15. The molecule has 0 unspecified atom stereocenters. The van der Waals surface area contributed by atoms with Gasteiger partial charge >= 0.3 is 6.09 Å². The fourth-order valence-corrected chi connectivity index (χ4v) is 1.50. The van der Waals surface area contributed by atoms with Gasteiger partial charge in [-0.2, -0.15) is 0 Å². The Morgan fingerprint density at radius 1 is 1.00 bits per heavy atom. The molecule has 0 spiro atoms. The van der Waals surface area contributed by atoms with Crippen molar-refractivity contribution in [1.29, 1.82) is 0 Å². The normalized spacial score (nSPS) is 11.6. The molecule has 0 saturated carbocycles. The van der Waals surface area contributed by atoms with Gasteiger partial charge in [0.15, 0.2) is 0 Å². The maximum atomic E-state index is 11.6. The Kier molecular flexibility index (Phi) is 6.38. The summed E-state index contributed by atoms with van der Waals surface area (Å²) in [5.41, 5.74) is 0.693. The Labute approximate surface area is 131 Å². The molecule has 0 atom stereocenters. The van der Waals surface area contributed by atoms with Crippen LogP contribution in [0.1, 0.15) is 27.7 Å². The van der Waals surface area contributed by atoms with E-state index >= 15 is 0 Å². The molecular formula is C17H22N2O3. The monoisotopic (exact) mass is 302 g/mol. The summed E-state index contributed by atoms with van der Waals surface area (Å²) in [6.45, 7) is 7.27. The summed E-state index contributed by atoms with van der Waals surface area (Å²) in [5, 5.41) is 5.34. The molecule has 22 heavy (non-hydrogen) atoms. The van der Waals surface area contributed by atoms with Crippen molar-refractivity contribution in [2.24, 2.45) is 0 Å². The van der Waals surface area contributed by atoms with Crippen LogP contribution < -0.4 is 10.6 Å². The molecule has 0 fully saturated rings. The summed E-state index contributed by atoms with van der Waals surface area (Å²) in [7, 11) is 0. The smallest absolute Gasteiger partial charge is 0.412 e. The lowest BCUT2D eigenvalue weighted by Gasteiger charge is -2.19. The second kappa shape index (κ2) is 8.02. The fraction of sp³-hybridized carbons (Fsp3) is 0.294. The maximum absolute atomic E-state index is 11.6. The molecule has 118 valence electrons. The number of hydrogen-bond acceptors (Lipinski definition) is 3. The lowest BCUT2D eigenvalue weighted by atomic mass is 10.2. The Balaban J connectivity index is 2.56. The van der Waals surface area contributed by atoms with E-state index in [1.807, 2.05) is 13.0 Å². The average Bonchev–Trinajstić information content (AvgIpc) is 2.39. The molecule has 0 radical (unpaired) electrons. The van der Waals surface area contributed by atoms with Gasteiger partial charge in [0.2, 0.25) is 5.91 Å². The number of ether oxygens (including phenoxy) is 1. The molecule has 0 saturated heterocycles. The summed E-state index contributed by atoms with van der Waals surface area (Å²) in [6, 6.07) is 6.78. The minimum atomic E-state index is -0.544. The highest BCUT2D eigenvalue weighted by molar-refractivity contribution is 5.99. The third kappa shape index (κ3) is 7.28. The van der Waals surface area contributed by atoms with Gasteiger partial charge < -0.3 is 10.1 Å². The maximum Gasteiger partial charge on any atom is 0.412 e. The van der Waals surface area contributed by atoms with Gasteiger partial charge in [-0.05, 0) is 52.0 Å². The van der Waals surface area contributed by atoms with Crippen molar-refractivity contribution < 1.29 is 14.3 Å². The molecule has 0 heterocycles. The van der Waals surface area contributed by atoms with Crippen LogP contribution in [0, 0.1) is 0 Å². The molecule has 2 N–H and O–H groups in total. The molecular weight excluding hydrogens is 280 g/mol. The van der Waals surface area contributed by atoms with Crippen LogP contribution in [0.3, 0.4) is 0 Å². The van der Waals surface area contributed by atoms with Gasteiger partial charge in [-0.25, -0.2) is 4.79 Å². The first kappa shape index (κ1) is 17.5. The predicted octanol–water partition coefficient (Wildman–Crippen LogP) is 4.10. The number of allylic oxidation sites excluding steroid dienone is 3. The second-order valence-electron chi connectivity index (χ2n) is 5.58. The quantitative estimate of drug-likeness (QED) is 0.650. The molecule has 0 aromatic heterocycles. The van der Waals surface area contributed by atoms with Crippen LogP contribution in [0.2, 0.25) is 0 Å². The second-order valence-corrected chi connectivity index (χ2v) is 5.58. The molecule has 0 aliphatic rings. The first-order valence-corrected chi connectivity index (χ1v) is 7.00. The number of hydrogen-bond donors (Lipinski definition) is 2. The number of carbonyl (C=O) groups excluding carboxylic acids is 2. The summed E-state index contributed by atoms with van der Waals surface area (Å²) in [5.74, 6) is -0.217. The van der Waals surface area contributed by atoms with Crippen LogP contribution in [0.5, 0.6) is 0 Å². The third-order valence-corrected chi connectivity index (χ3v) is 2.35. The number of amides is 2. The van der Waals surface area contributed by atoms with Crippen LogP contribution in [0.15, 0.2) is 48.6 Å². The van der Waals surface area contributed by atoms with Crippen molar-refractivity contribution in [3.63, 3.8) is 0 Å². The molecule has 1 aromatic rings. The van der Waals surface area contributed by atoms with Gasteiger partial charge in [-0.15, -0.1) is 0 Å². The first-order chi connectivity index (χ1) is 10.3. The fourth-order valence-electron chi connectivity index (χ4n) is 1.50. The average molecular weight is 302 g/mol. The topological polar surface area (TPSA) is 67.4 Å². The minimum Gasteiger partial charge on any atom is -0.444 e. The summed E-state index contributed by atoms with van der Waals surface area (Å²) < 4.78 is 5.16. The van der Waals surface area contributed by atoms with E-state index < -0.39 is 11.7 Å². The van der Waals surface area contributed by atoms with Crippen molar-refractivity contribution in [2.75, 3.05) is 10.6 Å². The Morgan fingerprint density at radius 2 is 1.55 bits per heavy atom. The number of benzene rings is 1. The predicted molar refractivity (Wildman–Crippen MR) is 88.9 cm³/mol. The van der Waals surface area contributed by atoms with Crippen LogP contribution in [0.25, 0.3) is 0 Å². The van der Waals surface area contributed by atoms with Gasteiger partial charge in [-0.3, -0.25) is 10.1 Å². The lowest BCUT2D eigenvalue weighted by Crippen LogP contribution is -2.27. The zero-order chi connectivity index (χ0) is 16.6. The van der Waals surface area contributed by atoms with Crippen LogP contribution in [0.4, 0.5) is 16.2 Å². The van der Waals surface area contributed by atoms with E-state index in [9.17, 15) is 9.59 Å². The van der Waals surface area contributed by atoms with E-state index in [1.165, 1.54) is 6.08 Å². The highest BCUT2D eigenvalue weighted by Gasteiger charge is 2.16. The molecule has 2 amide bonds. The number of rotatable bonds is 4. The largest absolute Gasteiger partial charge is 0.444 e. The van der Waals surface area contributed by atoms with Crippen molar-refractivity contribution in [2.45, 2.75) is 33.3 Å². The SMILES string of the molecule is CC=CC=CC(=O)Nc1ccc(NC(=O)OC(C)(C)C)cc1. The third-order valence-electron chi connectivity index (χ3n) is 2.35. The standard InChI is InChI=1S/C17H22N2O3/c1-5-6-7-8-15(20)18-13-9-11-14(12-10-13)19-16(21)22-17(2,3)4/h5-12H,1-4H3,(H,18,20)(H,19,21). The Hall–Kier alpha value is -2.56. The van der Waals surface area contributed by atoms with E-state index in [1.54, 1.807) is 57.2 Å². The molecule has 5 nitrogen and oxygen atoms in total. The number of carbonyl (C=O) groups is 2. The molecule has 0 aliphatic heterocycles. The van der Waals surface area contributed by atoms with Gasteiger partial charge in [0, 0.05) is 17.5 Å². The van der Waals surface area contributed by atoms with Crippen molar-refractivity contribution in [3.8, 4) is 0 Å². The minimum absolute atomic E-state index is 0.217. The highest BCUT2D eigenvalue weighted by atomic mass is 16.6. The van der Waals surface area contributed by atoms with E-state index in [0.29, 0.717) is 11.4 Å². The summed E-state index contributed by atoms with van der Waals surface area (Å²) >= 11 is 0. The zero-order valence-corrected chi connectivity index (χ0v) is 13.3. The molecule has 0 bridgehead atoms. The lowest BCUT2D eigenvalue weighted by molar-refractivity contribution is -0.111. The number of nitrogens with one attached hydrogen (secondary N) is 2.